The van der Waals surface area contributed by atoms with E-state index < -0.39 is 17.9 Å². The average Bonchev–Trinajstić information content (AvgIpc) is 2.21. The second-order valence-electron chi connectivity index (χ2n) is 3.30. The van der Waals surface area contributed by atoms with Gasteiger partial charge in [-0.3, -0.25) is 9.59 Å². The highest BCUT2D eigenvalue weighted by molar-refractivity contribution is 6.01. The van der Waals surface area contributed by atoms with Crippen molar-refractivity contribution >= 4 is 17.6 Å². The molecule has 86 valence electrons. The summed E-state index contributed by atoms with van der Waals surface area (Å²) in [5, 5.41) is 20.0. The molecule has 0 fully saturated rings. The fourth-order valence-electron chi connectivity index (χ4n) is 1.08. The van der Waals surface area contributed by atoms with Crippen molar-refractivity contribution in [3.63, 3.8) is 0 Å². The van der Waals surface area contributed by atoms with Crippen molar-refractivity contribution in [2.75, 3.05) is 5.73 Å². The standard InChI is InChI=1S/C10H12N2O4/c1-5(10(15)16)12-9(14)7-4-6(13)2-3-8(7)11/h2-5,13H,11H2,1H3,(H,12,14)(H,15,16). The van der Waals surface area contributed by atoms with Gasteiger partial charge in [0.25, 0.3) is 5.91 Å². The van der Waals surface area contributed by atoms with Gasteiger partial charge in [0, 0.05) is 5.69 Å². The van der Waals surface area contributed by atoms with Crippen LogP contribution in [0.5, 0.6) is 5.75 Å². The lowest BCUT2D eigenvalue weighted by Crippen LogP contribution is -2.38. The van der Waals surface area contributed by atoms with Crippen LogP contribution in [-0.4, -0.2) is 28.1 Å². The maximum atomic E-state index is 11.6. The molecular formula is C10H12N2O4. The normalized spacial score (nSPS) is 11.8. The first kappa shape index (κ1) is 11.8. The van der Waals surface area contributed by atoms with Crippen molar-refractivity contribution in [3.05, 3.63) is 23.8 Å². The number of carboxylic acid groups (broad SMARTS) is 1. The lowest BCUT2D eigenvalue weighted by atomic mass is 10.1. The number of hydrogen-bond acceptors (Lipinski definition) is 4. The molecule has 0 saturated heterocycles. The zero-order valence-corrected chi connectivity index (χ0v) is 8.60. The summed E-state index contributed by atoms with van der Waals surface area (Å²) in [7, 11) is 0. The Morgan fingerprint density at radius 3 is 2.62 bits per heavy atom. The van der Waals surface area contributed by atoms with Crippen molar-refractivity contribution in [2.24, 2.45) is 0 Å². The maximum Gasteiger partial charge on any atom is 0.325 e. The molecule has 0 aliphatic rings. The Balaban J connectivity index is 2.88. The Morgan fingerprint density at radius 2 is 2.06 bits per heavy atom. The van der Waals surface area contributed by atoms with Crippen molar-refractivity contribution < 1.29 is 19.8 Å². The molecule has 1 amide bonds. The fourth-order valence-corrected chi connectivity index (χ4v) is 1.08. The van der Waals surface area contributed by atoms with Crippen LogP contribution < -0.4 is 11.1 Å². The Morgan fingerprint density at radius 1 is 1.44 bits per heavy atom. The zero-order valence-electron chi connectivity index (χ0n) is 8.60. The Labute approximate surface area is 91.7 Å². The largest absolute Gasteiger partial charge is 0.508 e. The van der Waals surface area contributed by atoms with Gasteiger partial charge in [-0.15, -0.1) is 0 Å². The van der Waals surface area contributed by atoms with Crippen LogP contribution in [0.4, 0.5) is 5.69 Å². The lowest BCUT2D eigenvalue weighted by molar-refractivity contribution is -0.138. The van der Waals surface area contributed by atoms with Gasteiger partial charge in [0.15, 0.2) is 0 Å². The number of hydrogen-bond donors (Lipinski definition) is 4. The van der Waals surface area contributed by atoms with E-state index in [9.17, 15) is 14.7 Å². The number of aliphatic carboxylic acids is 1. The summed E-state index contributed by atoms with van der Waals surface area (Å²) < 4.78 is 0. The predicted octanol–water partition coefficient (Wildman–Crippen LogP) is 0.177. The van der Waals surface area contributed by atoms with E-state index >= 15 is 0 Å². The van der Waals surface area contributed by atoms with Gasteiger partial charge in [-0.2, -0.15) is 0 Å². The third kappa shape index (κ3) is 2.63. The first-order chi connectivity index (χ1) is 7.41. The summed E-state index contributed by atoms with van der Waals surface area (Å²) in [6.07, 6.45) is 0. The zero-order chi connectivity index (χ0) is 12.3. The molecule has 0 aromatic heterocycles. The van der Waals surface area contributed by atoms with Gasteiger partial charge in [-0.1, -0.05) is 0 Å². The Bertz CT molecular complexity index is 431. The summed E-state index contributed by atoms with van der Waals surface area (Å²) in [6, 6.07) is 2.87. The molecule has 1 atom stereocenters. The number of carboxylic acids is 1. The lowest BCUT2D eigenvalue weighted by Gasteiger charge is -2.10. The number of anilines is 1. The summed E-state index contributed by atoms with van der Waals surface area (Å²) >= 11 is 0. The molecule has 0 spiro atoms. The van der Waals surface area contributed by atoms with Crippen LogP contribution in [0.3, 0.4) is 0 Å². The second-order valence-corrected chi connectivity index (χ2v) is 3.30. The summed E-state index contributed by atoms with van der Waals surface area (Å²) in [5.74, 6) is -1.89. The van der Waals surface area contributed by atoms with E-state index in [1.54, 1.807) is 0 Å². The van der Waals surface area contributed by atoms with E-state index in [0.29, 0.717) is 0 Å². The van der Waals surface area contributed by atoms with Crippen LogP contribution in [-0.2, 0) is 4.79 Å². The first-order valence-corrected chi connectivity index (χ1v) is 4.54. The predicted molar refractivity (Wildman–Crippen MR) is 57.1 cm³/mol. The number of rotatable bonds is 3. The Kier molecular flexibility index (Phi) is 3.34. The van der Waals surface area contributed by atoms with E-state index in [-0.39, 0.29) is 17.0 Å². The number of carbonyl (C=O) groups is 2. The van der Waals surface area contributed by atoms with Crippen molar-refractivity contribution in [1.82, 2.24) is 5.32 Å². The van der Waals surface area contributed by atoms with E-state index in [1.807, 2.05) is 0 Å². The van der Waals surface area contributed by atoms with Crippen LogP contribution in [0.25, 0.3) is 0 Å². The number of nitrogens with two attached hydrogens (primary N) is 1. The molecule has 1 unspecified atom stereocenters. The molecular weight excluding hydrogens is 212 g/mol. The minimum absolute atomic E-state index is 0.0492. The summed E-state index contributed by atoms with van der Waals surface area (Å²) in [5.41, 5.74) is 5.75. The third-order valence-electron chi connectivity index (χ3n) is 2.00. The SMILES string of the molecule is CC(NC(=O)c1cc(O)ccc1N)C(=O)O. The maximum absolute atomic E-state index is 11.6. The minimum Gasteiger partial charge on any atom is -0.508 e. The molecule has 0 aliphatic heterocycles. The smallest absolute Gasteiger partial charge is 0.325 e. The van der Waals surface area contributed by atoms with E-state index in [0.717, 1.165) is 0 Å². The fraction of sp³-hybridized carbons (Fsp3) is 0.200. The average molecular weight is 224 g/mol. The number of nitrogen functional groups attached to an aromatic ring is 1. The molecule has 0 heterocycles. The molecule has 1 aromatic rings. The topological polar surface area (TPSA) is 113 Å². The van der Waals surface area contributed by atoms with E-state index in [1.165, 1.54) is 25.1 Å². The number of benzene rings is 1. The molecule has 1 aromatic carbocycles. The highest BCUT2D eigenvalue weighted by Gasteiger charge is 2.17. The molecule has 6 nitrogen and oxygen atoms in total. The number of nitrogens with one attached hydrogen (secondary N) is 1. The molecule has 6 heteroatoms. The molecule has 5 N–H and O–H groups in total. The monoisotopic (exact) mass is 224 g/mol. The second kappa shape index (κ2) is 4.52. The van der Waals surface area contributed by atoms with Gasteiger partial charge in [0.1, 0.15) is 11.8 Å². The Hall–Kier alpha value is -2.24. The number of amides is 1. The number of carbonyl (C=O) groups excluding carboxylic acids is 1. The summed E-state index contributed by atoms with van der Waals surface area (Å²) in [4.78, 5) is 22.1. The number of phenols is 1. The number of phenolic OH excluding ortho intramolecular Hbond substituents is 1. The first-order valence-electron chi connectivity index (χ1n) is 4.54. The number of aromatic hydroxyl groups is 1. The van der Waals surface area contributed by atoms with Crippen LogP contribution in [0.2, 0.25) is 0 Å². The van der Waals surface area contributed by atoms with Crippen LogP contribution in [0, 0.1) is 0 Å². The minimum atomic E-state index is -1.15. The van der Waals surface area contributed by atoms with Crippen molar-refractivity contribution in [2.45, 2.75) is 13.0 Å². The van der Waals surface area contributed by atoms with Crippen molar-refractivity contribution in [3.8, 4) is 5.75 Å². The molecule has 0 bridgehead atoms. The third-order valence-corrected chi connectivity index (χ3v) is 2.00. The van der Waals surface area contributed by atoms with Crippen LogP contribution in [0.15, 0.2) is 18.2 Å². The highest BCUT2D eigenvalue weighted by Crippen LogP contribution is 2.18. The molecule has 0 saturated carbocycles. The van der Waals surface area contributed by atoms with Crippen molar-refractivity contribution in [1.29, 1.82) is 0 Å². The molecule has 0 aliphatic carbocycles. The van der Waals surface area contributed by atoms with Gasteiger partial charge >= 0.3 is 5.97 Å². The van der Waals surface area contributed by atoms with Crippen LogP contribution >= 0.6 is 0 Å². The van der Waals surface area contributed by atoms with Gasteiger partial charge in [-0.25, -0.2) is 0 Å². The molecule has 0 radical (unpaired) electrons. The van der Waals surface area contributed by atoms with Crippen LogP contribution in [0.1, 0.15) is 17.3 Å². The highest BCUT2D eigenvalue weighted by atomic mass is 16.4. The van der Waals surface area contributed by atoms with Gasteiger partial charge < -0.3 is 21.3 Å². The van der Waals surface area contributed by atoms with Gasteiger partial charge in [0.2, 0.25) is 0 Å². The van der Waals surface area contributed by atoms with Gasteiger partial charge in [-0.05, 0) is 25.1 Å². The molecule has 1 rings (SSSR count). The quantitative estimate of drug-likeness (QED) is 0.432. The summed E-state index contributed by atoms with van der Waals surface area (Å²) in [6.45, 7) is 1.33. The molecule has 16 heavy (non-hydrogen) atoms. The van der Waals surface area contributed by atoms with Gasteiger partial charge in [0.05, 0.1) is 5.56 Å². The van der Waals surface area contributed by atoms with E-state index in [4.69, 9.17) is 10.8 Å². The van der Waals surface area contributed by atoms with E-state index in [2.05, 4.69) is 5.32 Å².